The lowest BCUT2D eigenvalue weighted by molar-refractivity contribution is 0.0316. The number of carbonyl (C=O) groups excluding carboxylic acids is 1. The molecule has 2 aliphatic rings. The lowest BCUT2D eigenvalue weighted by atomic mass is 10.00. The van der Waals surface area contributed by atoms with Gasteiger partial charge in [0.25, 0.3) is 5.91 Å². The van der Waals surface area contributed by atoms with Gasteiger partial charge in [-0.1, -0.05) is 0 Å². The van der Waals surface area contributed by atoms with Crippen LogP contribution in [-0.2, 0) is 6.54 Å². The molecule has 2 unspecified atom stereocenters. The average molecular weight is 281 g/mol. The maximum absolute atomic E-state index is 11.4. The van der Waals surface area contributed by atoms with Crippen molar-refractivity contribution in [2.24, 2.45) is 5.84 Å². The third kappa shape index (κ3) is 2.53. The first kappa shape index (κ1) is 13.1. The van der Waals surface area contributed by atoms with Gasteiger partial charge in [-0.2, -0.15) is 0 Å². The van der Waals surface area contributed by atoms with Gasteiger partial charge in [-0.05, 0) is 37.8 Å². The van der Waals surface area contributed by atoms with Crippen LogP contribution in [0.15, 0.2) is 12.1 Å². The number of rotatable bonds is 3. The topological polar surface area (TPSA) is 78.6 Å². The molecule has 1 aromatic heterocycles. The van der Waals surface area contributed by atoms with E-state index < -0.39 is 0 Å². The third-order valence-corrected chi connectivity index (χ3v) is 5.28. The first-order valence-corrected chi connectivity index (χ1v) is 7.52. The van der Waals surface area contributed by atoms with Gasteiger partial charge in [0.2, 0.25) is 0 Å². The Kier molecular flexibility index (Phi) is 3.58. The first-order chi connectivity index (χ1) is 9.17. The molecule has 0 radical (unpaired) electrons. The minimum absolute atomic E-state index is 0.129. The van der Waals surface area contributed by atoms with E-state index in [4.69, 9.17) is 5.84 Å². The Morgan fingerprint density at radius 3 is 2.74 bits per heavy atom. The van der Waals surface area contributed by atoms with Crippen molar-refractivity contribution >= 4 is 17.2 Å². The number of hydrazine groups is 1. The predicted octanol–water partition coefficient (Wildman–Crippen LogP) is 0.839. The van der Waals surface area contributed by atoms with E-state index in [-0.39, 0.29) is 12.0 Å². The summed E-state index contributed by atoms with van der Waals surface area (Å²) in [6.45, 7) is 0.880. The number of hydrogen-bond donors (Lipinski definition) is 3. The van der Waals surface area contributed by atoms with Crippen molar-refractivity contribution < 1.29 is 9.90 Å². The highest BCUT2D eigenvalue weighted by atomic mass is 32.1. The third-order valence-electron chi connectivity index (χ3n) is 4.21. The van der Waals surface area contributed by atoms with E-state index in [2.05, 4.69) is 10.3 Å². The van der Waals surface area contributed by atoms with Gasteiger partial charge < -0.3 is 5.11 Å². The van der Waals surface area contributed by atoms with Crippen molar-refractivity contribution in [3.8, 4) is 0 Å². The van der Waals surface area contributed by atoms with Gasteiger partial charge in [0.1, 0.15) is 0 Å². The maximum atomic E-state index is 11.4. The summed E-state index contributed by atoms with van der Waals surface area (Å²) in [6.07, 6.45) is 4.01. The van der Waals surface area contributed by atoms with Gasteiger partial charge in [0, 0.05) is 23.5 Å². The van der Waals surface area contributed by atoms with Gasteiger partial charge in [0.15, 0.2) is 0 Å². The molecule has 0 spiro atoms. The zero-order valence-electron chi connectivity index (χ0n) is 10.7. The van der Waals surface area contributed by atoms with Crippen LogP contribution in [-0.4, -0.2) is 34.1 Å². The summed E-state index contributed by atoms with van der Waals surface area (Å²) >= 11 is 1.50. The molecule has 1 aromatic rings. The highest BCUT2D eigenvalue weighted by Crippen LogP contribution is 2.37. The summed E-state index contributed by atoms with van der Waals surface area (Å²) in [5.74, 6) is 4.91. The molecule has 2 atom stereocenters. The van der Waals surface area contributed by atoms with Crippen molar-refractivity contribution in [2.45, 2.75) is 50.4 Å². The van der Waals surface area contributed by atoms with Gasteiger partial charge in [0.05, 0.1) is 11.0 Å². The van der Waals surface area contributed by atoms with Crippen molar-refractivity contribution in [3.63, 3.8) is 0 Å². The number of carbonyl (C=O) groups is 1. The number of nitrogens with two attached hydrogens (primary N) is 1. The molecule has 5 nitrogen and oxygen atoms in total. The van der Waals surface area contributed by atoms with E-state index in [0.29, 0.717) is 17.0 Å². The van der Waals surface area contributed by atoms with Crippen LogP contribution >= 0.6 is 11.3 Å². The molecule has 2 fully saturated rings. The van der Waals surface area contributed by atoms with Crippen LogP contribution in [0.3, 0.4) is 0 Å². The Hall–Kier alpha value is -0.950. The fraction of sp³-hybridized carbons (Fsp3) is 0.615. The molecule has 2 aliphatic heterocycles. The molecule has 0 aromatic carbocycles. The average Bonchev–Trinajstić information content (AvgIpc) is 2.94. The van der Waals surface area contributed by atoms with Crippen molar-refractivity contribution in [2.75, 3.05) is 0 Å². The minimum atomic E-state index is -0.228. The lowest BCUT2D eigenvalue weighted by Crippen LogP contribution is -2.43. The van der Waals surface area contributed by atoms with Crippen LogP contribution in [0.4, 0.5) is 0 Å². The van der Waals surface area contributed by atoms with Crippen LogP contribution in [0, 0.1) is 0 Å². The van der Waals surface area contributed by atoms with E-state index in [9.17, 15) is 9.90 Å². The van der Waals surface area contributed by atoms with Gasteiger partial charge >= 0.3 is 0 Å². The summed E-state index contributed by atoms with van der Waals surface area (Å²) in [6, 6.07) is 4.83. The van der Waals surface area contributed by atoms with Gasteiger partial charge in [-0.25, -0.2) is 5.84 Å². The monoisotopic (exact) mass is 281 g/mol. The Labute approximate surface area is 116 Å². The van der Waals surface area contributed by atoms with Crippen LogP contribution in [0.2, 0.25) is 0 Å². The Morgan fingerprint density at radius 1 is 1.42 bits per heavy atom. The molecular formula is C13H19N3O2S. The zero-order chi connectivity index (χ0) is 13.4. The number of nitrogens with one attached hydrogen (secondary N) is 1. The normalized spacial score (nSPS) is 30.5. The predicted molar refractivity (Wildman–Crippen MR) is 73.6 cm³/mol. The number of thiophene rings is 1. The molecule has 19 heavy (non-hydrogen) atoms. The van der Waals surface area contributed by atoms with Gasteiger partial charge in [-0.3, -0.25) is 15.1 Å². The molecule has 1 amide bonds. The quantitative estimate of drug-likeness (QED) is 0.436. The second-order valence-electron chi connectivity index (χ2n) is 5.42. The van der Waals surface area contributed by atoms with E-state index in [1.54, 1.807) is 0 Å². The van der Waals surface area contributed by atoms with Crippen LogP contribution in [0.5, 0.6) is 0 Å². The lowest BCUT2D eigenvalue weighted by Gasteiger charge is -2.36. The molecule has 2 bridgehead atoms. The number of nitrogen functional groups attached to an aromatic ring is 1. The van der Waals surface area contributed by atoms with Crippen molar-refractivity contribution in [1.29, 1.82) is 0 Å². The highest BCUT2D eigenvalue weighted by molar-refractivity contribution is 7.14. The highest BCUT2D eigenvalue weighted by Gasteiger charge is 2.40. The number of fused-ring (bicyclic) bond motifs is 2. The summed E-state index contributed by atoms with van der Waals surface area (Å²) in [5.41, 5.74) is 2.16. The number of aliphatic hydroxyl groups is 1. The first-order valence-electron chi connectivity index (χ1n) is 6.71. The van der Waals surface area contributed by atoms with Gasteiger partial charge in [-0.15, -0.1) is 11.3 Å². The molecule has 2 saturated heterocycles. The fourth-order valence-electron chi connectivity index (χ4n) is 3.34. The van der Waals surface area contributed by atoms with Crippen LogP contribution in [0.1, 0.15) is 40.2 Å². The molecule has 104 valence electrons. The second kappa shape index (κ2) is 5.20. The Morgan fingerprint density at radius 2 is 2.11 bits per heavy atom. The van der Waals surface area contributed by atoms with Crippen molar-refractivity contribution in [1.82, 2.24) is 10.3 Å². The number of aliphatic hydroxyl groups excluding tert-OH is 1. The largest absolute Gasteiger partial charge is 0.393 e. The summed E-state index contributed by atoms with van der Waals surface area (Å²) in [5, 5.41) is 9.79. The number of amides is 1. The molecular weight excluding hydrogens is 262 g/mol. The van der Waals surface area contributed by atoms with E-state index >= 15 is 0 Å². The Bertz CT molecular complexity index is 462. The number of nitrogens with zero attached hydrogens (tertiary/aromatic N) is 1. The molecule has 0 saturated carbocycles. The molecule has 3 rings (SSSR count). The summed E-state index contributed by atoms with van der Waals surface area (Å²) < 4.78 is 0. The molecule has 0 aliphatic carbocycles. The molecule has 6 heteroatoms. The van der Waals surface area contributed by atoms with Crippen molar-refractivity contribution in [3.05, 3.63) is 21.9 Å². The zero-order valence-corrected chi connectivity index (χ0v) is 11.5. The fourth-order valence-corrected chi connectivity index (χ4v) is 4.26. The number of piperidine rings is 1. The van der Waals surface area contributed by atoms with E-state index in [1.165, 1.54) is 29.1 Å². The molecule has 4 N–H and O–H groups in total. The smallest absolute Gasteiger partial charge is 0.275 e. The number of hydrogen-bond acceptors (Lipinski definition) is 5. The summed E-state index contributed by atoms with van der Waals surface area (Å²) in [7, 11) is 0. The standard InChI is InChI=1S/C13H19N3O2S/c14-15-13(18)12-4-3-11(19-12)7-16-8-1-2-9(16)6-10(17)5-8/h3-4,8-10,17H,1-2,5-7,14H2,(H,15,18). The van der Waals surface area contributed by atoms with E-state index in [0.717, 1.165) is 19.4 Å². The van der Waals surface area contributed by atoms with E-state index in [1.807, 2.05) is 12.1 Å². The Balaban J connectivity index is 1.69. The molecule has 3 heterocycles. The second-order valence-corrected chi connectivity index (χ2v) is 6.59. The summed E-state index contributed by atoms with van der Waals surface area (Å²) in [4.78, 5) is 15.8. The minimum Gasteiger partial charge on any atom is -0.393 e. The SMILES string of the molecule is NNC(=O)c1ccc(CN2C3CCC2CC(O)C3)s1. The van der Waals surface area contributed by atoms with Crippen LogP contribution in [0.25, 0.3) is 0 Å². The van der Waals surface area contributed by atoms with Crippen LogP contribution < -0.4 is 11.3 Å². The maximum Gasteiger partial charge on any atom is 0.275 e.